The third kappa shape index (κ3) is 4.83. The van der Waals surface area contributed by atoms with Crippen LogP contribution in [0.25, 0.3) is 0 Å². The minimum absolute atomic E-state index is 0.0222. The number of para-hydroxylation sites is 1. The molecule has 9 nitrogen and oxygen atoms in total. The predicted octanol–water partition coefficient (Wildman–Crippen LogP) is 1.82. The van der Waals surface area contributed by atoms with Crippen molar-refractivity contribution in [3.63, 3.8) is 0 Å². The zero-order valence-corrected chi connectivity index (χ0v) is 16.2. The number of hydrogen-bond donors (Lipinski definition) is 3. The largest absolute Gasteiger partial charge is 0.383 e. The van der Waals surface area contributed by atoms with E-state index in [0.29, 0.717) is 22.9 Å². The van der Waals surface area contributed by atoms with Gasteiger partial charge in [-0.25, -0.2) is 9.78 Å². The van der Waals surface area contributed by atoms with Gasteiger partial charge >= 0.3 is 6.03 Å². The second kappa shape index (κ2) is 9.07. The molecule has 1 aliphatic rings. The number of nitriles is 1. The van der Waals surface area contributed by atoms with Gasteiger partial charge in [0.25, 0.3) is 5.91 Å². The molecule has 0 saturated carbocycles. The molecular formula is C19H18N6O3S. The van der Waals surface area contributed by atoms with Crippen molar-refractivity contribution in [2.45, 2.75) is 11.4 Å². The molecule has 4 N–H and O–H groups in total. The van der Waals surface area contributed by atoms with Crippen LogP contribution in [0.4, 0.5) is 16.3 Å². The molecule has 3 rings (SSSR count). The van der Waals surface area contributed by atoms with Crippen LogP contribution in [-0.4, -0.2) is 46.6 Å². The zero-order chi connectivity index (χ0) is 20.8. The number of pyridine rings is 1. The van der Waals surface area contributed by atoms with E-state index < -0.39 is 11.9 Å². The van der Waals surface area contributed by atoms with Crippen LogP contribution < -0.4 is 16.4 Å². The molecule has 10 heteroatoms. The molecule has 0 radical (unpaired) electrons. The van der Waals surface area contributed by atoms with Crippen molar-refractivity contribution >= 4 is 41.1 Å². The molecule has 0 bridgehead atoms. The molecular weight excluding hydrogens is 392 g/mol. The first-order valence-electron chi connectivity index (χ1n) is 8.77. The lowest BCUT2D eigenvalue weighted by atomic mass is 10.2. The molecule has 4 amide bonds. The second-order valence-electron chi connectivity index (χ2n) is 6.11. The van der Waals surface area contributed by atoms with E-state index in [0.717, 1.165) is 4.90 Å². The van der Waals surface area contributed by atoms with Gasteiger partial charge in [-0.05, 0) is 24.6 Å². The number of carbonyl (C=O) groups is 3. The fraction of sp³-hybridized carbons (Fsp3) is 0.211. The van der Waals surface area contributed by atoms with Crippen molar-refractivity contribution in [3.8, 4) is 6.07 Å². The van der Waals surface area contributed by atoms with E-state index in [1.165, 1.54) is 17.8 Å². The number of nitrogen functional groups attached to an aromatic ring is 1. The Morgan fingerprint density at radius 2 is 2.10 bits per heavy atom. The van der Waals surface area contributed by atoms with Gasteiger partial charge in [0.15, 0.2) is 0 Å². The maximum absolute atomic E-state index is 12.5. The standard InChI is InChI=1S/C19H18N6O3S/c20-10-12-9-14(17(27)23-13-5-2-1-3-6-13)16(21)24-18(12)29-8-4-7-25-15(26)11-22-19(25)28/h1-3,5-6,9H,4,7-8,11H2,(H2,21,24)(H,22,28)(H,23,27). The molecule has 2 heterocycles. The second-order valence-corrected chi connectivity index (χ2v) is 7.20. The van der Waals surface area contributed by atoms with Crippen LogP contribution in [-0.2, 0) is 4.79 Å². The average Bonchev–Trinajstić information content (AvgIpc) is 3.03. The Morgan fingerprint density at radius 1 is 1.34 bits per heavy atom. The third-order valence-corrected chi connectivity index (χ3v) is 5.19. The van der Waals surface area contributed by atoms with Crippen LogP contribution in [0, 0.1) is 11.3 Å². The summed E-state index contributed by atoms with van der Waals surface area (Å²) < 4.78 is 0. The molecule has 1 saturated heterocycles. The van der Waals surface area contributed by atoms with E-state index >= 15 is 0 Å². The molecule has 1 aliphatic heterocycles. The van der Waals surface area contributed by atoms with Gasteiger partial charge < -0.3 is 16.4 Å². The average molecular weight is 410 g/mol. The van der Waals surface area contributed by atoms with Gasteiger partial charge in [-0.2, -0.15) is 5.26 Å². The lowest BCUT2D eigenvalue weighted by molar-refractivity contribution is -0.124. The van der Waals surface area contributed by atoms with E-state index in [1.54, 1.807) is 24.3 Å². The minimum atomic E-state index is -0.451. The number of carbonyl (C=O) groups excluding carboxylic acids is 3. The number of nitrogens with two attached hydrogens (primary N) is 1. The van der Waals surface area contributed by atoms with Crippen molar-refractivity contribution in [1.29, 1.82) is 5.26 Å². The summed E-state index contributed by atoms with van der Waals surface area (Å²) in [4.78, 5) is 40.9. The monoisotopic (exact) mass is 410 g/mol. The van der Waals surface area contributed by atoms with Gasteiger partial charge in [-0.3, -0.25) is 14.5 Å². The molecule has 0 unspecified atom stereocenters. The molecule has 29 heavy (non-hydrogen) atoms. The van der Waals surface area contributed by atoms with Gasteiger partial charge in [0.1, 0.15) is 16.9 Å². The van der Waals surface area contributed by atoms with Crippen LogP contribution >= 0.6 is 11.8 Å². The molecule has 0 aliphatic carbocycles. The molecule has 1 aromatic heterocycles. The molecule has 0 spiro atoms. The Kier molecular flexibility index (Phi) is 6.31. The zero-order valence-electron chi connectivity index (χ0n) is 15.3. The van der Waals surface area contributed by atoms with Crippen LogP contribution in [0.2, 0.25) is 0 Å². The van der Waals surface area contributed by atoms with Crippen molar-refractivity contribution in [1.82, 2.24) is 15.2 Å². The first-order chi connectivity index (χ1) is 14.0. The van der Waals surface area contributed by atoms with Crippen molar-refractivity contribution in [3.05, 3.63) is 47.5 Å². The lowest BCUT2D eigenvalue weighted by Gasteiger charge is -2.12. The van der Waals surface area contributed by atoms with Gasteiger partial charge in [0, 0.05) is 18.0 Å². The normalized spacial score (nSPS) is 13.1. The van der Waals surface area contributed by atoms with Crippen molar-refractivity contribution in [2.24, 2.45) is 0 Å². The summed E-state index contributed by atoms with van der Waals surface area (Å²) in [7, 11) is 0. The van der Waals surface area contributed by atoms with E-state index in [1.807, 2.05) is 12.1 Å². The number of thioether (sulfide) groups is 1. The van der Waals surface area contributed by atoms with Gasteiger partial charge in [0.2, 0.25) is 5.91 Å². The van der Waals surface area contributed by atoms with Crippen LogP contribution in [0.15, 0.2) is 41.4 Å². The third-order valence-electron chi connectivity index (χ3n) is 4.12. The van der Waals surface area contributed by atoms with Crippen LogP contribution in [0.3, 0.4) is 0 Å². The number of nitrogens with one attached hydrogen (secondary N) is 2. The Balaban J connectivity index is 1.63. The quantitative estimate of drug-likeness (QED) is 0.359. The number of amides is 4. The summed E-state index contributed by atoms with van der Waals surface area (Å²) in [5.41, 5.74) is 6.90. The highest BCUT2D eigenvalue weighted by Gasteiger charge is 2.27. The summed E-state index contributed by atoms with van der Waals surface area (Å²) in [6, 6.07) is 11.9. The van der Waals surface area contributed by atoms with Gasteiger partial charge in [-0.1, -0.05) is 18.2 Å². The topological polar surface area (TPSA) is 141 Å². The number of anilines is 2. The van der Waals surface area contributed by atoms with Gasteiger partial charge in [0.05, 0.1) is 17.7 Å². The lowest BCUT2D eigenvalue weighted by Crippen LogP contribution is -2.32. The number of hydrogen-bond acceptors (Lipinski definition) is 7. The number of nitrogens with zero attached hydrogens (tertiary/aromatic N) is 3. The summed E-state index contributed by atoms with van der Waals surface area (Å²) in [5, 5.41) is 15.0. The highest BCUT2D eigenvalue weighted by Crippen LogP contribution is 2.25. The molecule has 2 aromatic rings. The Morgan fingerprint density at radius 3 is 2.76 bits per heavy atom. The number of benzene rings is 1. The highest BCUT2D eigenvalue weighted by molar-refractivity contribution is 7.99. The summed E-state index contributed by atoms with van der Waals surface area (Å²) in [6.07, 6.45) is 0.534. The number of rotatable bonds is 7. The molecule has 1 aromatic carbocycles. The van der Waals surface area contributed by atoms with Crippen molar-refractivity contribution in [2.75, 3.05) is 29.9 Å². The van der Waals surface area contributed by atoms with Crippen LogP contribution in [0.1, 0.15) is 22.3 Å². The summed E-state index contributed by atoms with van der Waals surface area (Å²) >= 11 is 1.28. The summed E-state index contributed by atoms with van der Waals surface area (Å²) in [5.74, 6) is -0.163. The fourth-order valence-electron chi connectivity index (χ4n) is 2.67. The Bertz CT molecular complexity index is 973. The highest BCUT2D eigenvalue weighted by atomic mass is 32.2. The van der Waals surface area contributed by atoms with Crippen molar-refractivity contribution < 1.29 is 14.4 Å². The van der Waals surface area contributed by atoms with Gasteiger partial charge in [-0.15, -0.1) is 11.8 Å². The van der Waals surface area contributed by atoms with Crippen LogP contribution in [0.5, 0.6) is 0 Å². The minimum Gasteiger partial charge on any atom is -0.383 e. The predicted molar refractivity (Wildman–Crippen MR) is 108 cm³/mol. The molecule has 0 atom stereocenters. The first-order valence-corrected chi connectivity index (χ1v) is 9.76. The molecule has 1 fully saturated rings. The Labute approximate surface area is 171 Å². The maximum atomic E-state index is 12.5. The number of urea groups is 1. The maximum Gasteiger partial charge on any atom is 0.324 e. The SMILES string of the molecule is N#Cc1cc(C(=O)Nc2ccccc2)c(N)nc1SCCCN1C(=O)CNC1=O. The number of imide groups is 1. The van der Waals surface area contributed by atoms with E-state index in [-0.39, 0.29) is 35.9 Å². The van der Waals surface area contributed by atoms with E-state index in [2.05, 4.69) is 15.6 Å². The summed E-state index contributed by atoms with van der Waals surface area (Å²) in [6.45, 7) is 0.307. The smallest absolute Gasteiger partial charge is 0.324 e. The fourth-order valence-corrected chi connectivity index (χ4v) is 3.56. The molecule has 148 valence electrons. The Hall–Kier alpha value is -3.58. The van der Waals surface area contributed by atoms with E-state index in [4.69, 9.17) is 5.73 Å². The van der Waals surface area contributed by atoms with E-state index in [9.17, 15) is 19.6 Å². The first kappa shape index (κ1) is 20.2. The number of aromatic nitrogens is 1.